The van der Waals surface area contributed by atoms with Crippen LogP contribution in [0.25, 0.3) is 0 Å². The van der Waals surface area contributed by atoms with Crippen LogP contribution in [-0.2, 0) is 9.59 Å². The van der Waals surface area contributed by atoms with Crippen LogP contribution in [0.3, 0.4) is 0 Å². The Morgan fingerprint density at radius 1 is 1.21 bits per heavy atom. The zero-order chi connectivity index (χ0) is 14.6. The molecule has 0 saturated heterocycles. The zero-order valence-corrected chi connectivity index (χ0v) is 10.9. The molecule has 0 saturated carbocycles. The molecular weight excluding hydrogens is 297 g/mol. The second-order valence-electron chi connectivity index (χ2n) is 3.59. The minimum atomic E-state index is -1.54. The van der Waals surface area contributed by atoms with E-state index in [0.717, 1.165) is 0 Å². The van der Waals surface area contributed by atoms with E-state index in [0.29, 0.717) is 0 Å². The maximum absolute atomic E-state index is 11.8. The number of hydrogen-bond acceptors (Lipinski definition) is 3. The number of nitrogens with one attached hydrogen (secondary N) is 1. The van der Waals surface area contributed by atoms with Gasteiger partial charge in [-0.15, -0.1) is 0 Å². The Morgan fingerprint density at radius 2 is 1.84 bits per heavy atom. The number of carboxylic acids is 2. The first-order chi connectivity index (χ1) is 8.81. The van der Waals surface area contributed by atoms with E-state index >= 15 is 0 Å². The molecule has 0 aliphatic rings. The van der Waals surface area contributed by atoms with Gasteiger partial charge in [0.05, 0.1) is 17.0 Å². The van der Waals surface area contributed by atoms with Gasteiger partial charge in [0, 0.05) is 5.02 Å². The number of aliphatic carboxylic acids is 2. The van der Waals surface area contributed by atoms with Crippen molar-refractivity contribution < 1.29 is 24.6 Å². The van der Waals surface area contributed by atoms with Crippen molar-refractivity contribution in [1.82, 2.24) is 5.32 Å². The number of benzene rings is 1. The highest BCUT2D eigenvalue weighted by Crippen LogP contribution is 2.20. The van der Waals surface area contributed by atoms with Gasteiger partial charge in [-0.25, -0.2) is 4.79 Å². The molecule has 8 heteroatoms. The zero-order valence-electron chi connectivity index (χ0n) is 9.39. The second-order valence-corrected chi connectivity index (χ2v) is 4.43. The van der Waals surface area contributed by atoms with Crippen LogP contribution in [0.5, 0.6) is 0 Å². The molecule has 1 atom stereocenters. The lowest BCUT2D eigenvalue weighted by Gasteiger charge is -2.13. The number of carbonyl (C=O) groups is 3. The molecule has 0 bridgehead atoms. The summed E-state index contributed by atoms with van der Waals surface area (Å²) >= 11 is 11.5. The van der Waals surface area contributed by atoms with E-state index in [4.69, 9.17) is 33.4 Å². The van der Waals surface area contributed by atoms with Crippen LogP contribution in [0, 0.1) is 0 Å². The standard InChI is InChI=1S/C11H9Cl2NO5/c12-5-1-2-7(13)6(3-5)10(17)14-8(11(18)19)4-9(15)16/h1-3,8H,4H2,(H,14,17)(H,15,16)(H,18,19)/t8-/m1/s1. The fourth-order valence-corrected chi connectivity index (χ4v) is 1.66. The summed E-state index contributed by atoms with van der Waals surface area (Å²) in [4.78, 5) is 33.1. The van der Waals surface area contributed by atoms with E-state index in [-0.39, 0.29) is 15.6 Å². The fraction of sp³-hybridized carbons (Fsp3) is 0.182. The lowest BCUT2D eigenvalue weighted by molar-refractivity contribution is -0.145. The molecule has 6 nitrogen and oxygen atoms in total. The second kappa shape index (κ2) is 6.40. The van der Waals surface area contributed by atoms with Gasteiger partial charge >= 0.3 is 11.9 Å². The van der Waals surface area contributed by atoms with Gasteiger partial charge < -0.3 is 15.5 Å². The number of hydrogen-bond donors (Lipinski definition) is 3. The first kappa shape index (κ1) is 15.3. The van der Waals surface area contributed by atoms with Crippen molar-refractivity contribution in [3.8, 4) is 0 Å². The summed E-state index contributed by atoms with van der Waals surface area (Å²) in [6.45, 7) is 0. The monoisotopic (exact) mass is 305 g/mol. The third kappa shape index (κ3) is 4.42. The topological polar surface area (TPSA) is 104 Å². The highest BCUT2D eigenvalue weighted by Gasteiger charge is 2.24. The SMILES string of the molecule is O=C(O)C[C@@H](NC(=O)c1cc(Cl)ccc1Cl)C(=O)O. The van der Waals surface area contributed by atoms with Gasteiger partial charge in [-0.2, -0.15) is 0 Å². The number of halogens is 2. The maximum Gasteiger partial charge on any atom is 0.326 e. The molecule has 102 valence electrons. The molecule has 1 aromatic carbocycles. The number of carboxylic acid groups (broad SMARTS) is 2. The molecule has 0 radical (unpaired) electrons. The van der Waals surface area contributed by atoms with E-state index < -0.39 is 30.3 Å². The van der Waals surface area contributed by atoms with Crippen molar-refractivity contribution in [3.05, 3.63) is 33.8 Å². The molecule has 1 amide bonds. The summed E-state index contributed by atoms with van der Waals surface area (Å²) in [5.74, 6) is -3.60. The average molecular weight is 306 g/mol. The predicted octanol–water partition coefficient (Wildman–Crippen LogP) is 1.65. The average Bonchev–Trinajstić information content (AvgIpc) is 2.30. The Hall–Kier alpha value is -1.79. The summed E-state index contributed by atoms with van der Waals surface area (Å²) in [5.41, 5.74) is -0.0224. The Morgan fingerprint density at radius 3 is 2.37 bits per heavy atom. The van der Waals surface area contributed by atoms with Gasteiger partial charge in [0.15, 0.2) is 0 Å². The number of carbonyl (C=O) groups excluding carboxylic acids is 1. The minimum Gasteiger partial charge on any atom is -0.481 e. The van der Waals surface area contributed by atoms with E-state index in [1.54, 1.807) is 0 Å². The Bertz CT molecular complexity index is 532. The summed E-state index contributed by atoms with van der Waals surface area (Å²) in [6.07, 6.45) is -0.737. The Kier molecular flexibility index (Phi) is 5.14. The van der Waals surface area contributed by atoms with Crippen molar-refractivity contribution in [1.29, 1.82) is 0 Å². The van der Waals surface area contributed by atoms with Crippen molar-refractivity contribution in [3.63, 3.8) is 0 Å². The van der Waals surface area contributed by atoms with E-state index in [1.807, 2.05) is 0 Å². The molecule has 0 spiro atoms. The Labute approximate surface area is 117 Å². The van der Waals surface area contributed by atoms with Gasteiger partial charge in [0.25, 0.3) is 5.91 Å². The van der Waals surface area contributed by atoms with E-state index in [1.165, 1.54) is 18.2 Å². The van der Waals surface area contributed by atoms with Crippen LogP contribution in [0.1, 0.15) is 16.8 Å². The number of amides is 1. The van der Waals surface area contributed by atoms with Crippen molar-refractivity contribution in [2.24, 2.45) is 0 Å². The van der Waals surface area contributed by atoms with Gasteiger partial charge in [-0.05, 0) is 18.2 Å². The molecule has 1 rings (SSSR count). The molecule has 0 aromatic heterocycles. The molecule has 1 aromatic rings. The van der Waals surface area contributed by atoms with Gasteiger partial charge in [-0.3, -0.25) is 9.59 Å². The molecule has 3 N–H and O–H groups in total. The Balaban J connectivity index is 2.90. The highest BCUT2D eigenvalue weighted by molar-refractivity contribution is 6.35. The van der Waals surface area contributed by atoms with Gasteiger partial charge in [0.1, 0.15) is 6.04 Å². The molecule has 19 heavy (non-hydrogen) atoms. The molecular formula is C11H9Cl2NO5. The van der Waals surface area contributed by atoms with Crippen LogP contribution in [0.15, 0.2) is 18.2 Å². The molecule has 0 unspecified atom stereocenters. The van der Waals surface area contributed by atoms with Crippen LogP contribution in [0.4, 0.5) is 0 Å². The lowest BCUT2D eigenvalue weighted by atomic mass is 10.1. The van der Waals surface area contributed by atoms with Crippen molar-refractivity contribution in [2.45, 2.75) is 12.5 Å². The summed E-state index contributed by atoms with van der Waals surface area (Å²) in [6, 6.07) is 2.57. The molecule has 0 heterocycles. The van der Waals surface area contributed by atoms with Crippen LogP contribution < -0.4 is 5.32 Å². The maximum atomic E-state index is 11.8. The summed E-state index contributed by atoms with van der Waals surface area (Å²) in [7, 11) is 0. The largest absolute Gasteiger partial charge is 0.481 e. The van der Waals surface area contributed by atoms with E-state index in [9.17, 15) is 14.4 Å². The molecule has 0 aliphatic carbocycles. The quantitative estimate of drug-likeness (QED) is 0.767. The summed E-state index contributed by atoms with van der Waals surface area (Å²) in [5, 5.41) is 19.8. The van der Waals surface area contributed by atoms with Crippen LogP contribution in [0.2, 0.25) is 10.0 Å². The lowest BCUT2D eigenvalue weighted by Crippen LogP contribution is -2.42. The highest BCUT2D eigenvalue weighted by atomic mass is 35.5. The molecule has 0 aliphatic heterocycles. The summed E-state index contributed by atoms with van der Waals surface area (Å²) < 4.78 is 0. The first-order valence-electron chi connectivity index (χ1n) is 5.01. The van der Waals surface area contributed by atoms with Gasteiger partial charge in [0.2, 0.25) is 0 Å². The first-order valence-corrected chi connectivity index (χ1v) is 5.77. The van der Waals surface area contributed by atoms with Crippen LogP contribution in [-0.4, -0.2) is 34.1 Å². The normalized spacial score (nSPS) is 11.7. The minimum absolute atomic E-state index is 0.0224. The third-order valence-corrected chi connectivity index (χ3v) is 2.72. The van der Waals surface area contributed by atoms with Crippen molar-refractivity contribution in [2.75, 3.05) is 0 Å². The van der Waals surface area contributed by atoms with E-state index in [2.05, 4.69) is 5.32 Å². The molecule has 0 fully saturated rings. The van der Waals surface area contributed by atoms with Gasteiger partial charge in [-0.1, -0.05) is 23.2 Å². The fourth-order valence-electron chi connectivity index (χ4n) is 1.28. The van der Waals surface area contributed by atoms with Crippen molar-refractivity contribution >= 4 is 41.0 Å². The third-order valence-electron chi connectivity index (χ3n) is 2.16. The number of rotatable bonds is 5. The van der Waals surface area contributed by atoms with Crippen LogP contribution >= 0.6 is 23.2 Å². The predicted molar refractivity (Wildman–Crippen MR) is 67.6 cm³/mol. The smallest absolute Gasteiger partial charge is 0.326 e.